The highest BCUT2D eigenvalue weighted by Gasteiger charge is 2.20. The van der Waals surface area contributed by atoms with Gasteiger partial charge in [-0.05, 0) is 63.9 Å². The fraction of sp³-hybridized carbons (Fsp3) is 0.310. The Kier molecular flexibility index (Phi) is 4.78. The van der Waals surface area contributed by atoms with E-state index in [2.05, 4.69) is 101 Å². The quantitative estimate of drug-likeness (QED) is 0.312. The highest BCUT2D eigenvalue weighted by atomic mass is 15.0. The number of rotatable bonds is 2. The van der Waals surface area contributed by atoms with E-state index in [4.69, 9.17) is 6.42 Å². The first-order valence-electron chi connectivity index (χ1n) is 10.7. The zero-order chi connectivity index (χ0) is 21.7. The molecule has 0 aliphatic rings. The van der Waals surface area contributed by atoms with Crippen molar-refractivity contribution in [3.8, 4) is 12.3 Å². The summed E-state index contributed by atoms with van der Waals surface area (Å²) in [6.45, 7) is 14.5. The van der Waals surface area contributed by atoms with Gasteiger partial charge in [0.2, 0.25) is 0 Å². The Morgan fingerprint density at radius 1 is 0.733 bits per heavy atom. The molecule has 152 valence electrons. The molecule has 0 N–H and O–H groups in total. The van der Waals surface area contributed by atoms with E-state index in [-0.39, 0.29) is 10.8 Å². The van der Waals surface area contributed by atoms with Crippen LogP contribution in [0.1, 0.15) is 63.8 Å². The fourth-order valence-corrected chi connectivity index (χ4v) is 4.15. The molecule has 0 amide bonds. The lowest BCUT2D eigenvalue weighted by atomic mass is 9.85. The molecule has 0 aliphatic heterocycles. The van der Waals surface area contributed by atoms with Gasteiger partial charge >= 0.3 is 0 Å². The van der Waals surface area contributed by atoms with Crippen molar-refractivity contribution in [1.82, 2.24) is 4.57 Å². The number of aromatic nitrogens is 1. The summed E-state index contributed by atoms with van der Waals surface area (Å²) in [7, 11) is 0. The van der Waals surface area contributed by atoms with Gasteiger partial charge in [0, 0.05) is 33.9 Å². The van der Waals surface area contributed by atoms with Crippen molar-refractivity contribution in [3.05, 3.63) is 82.9 Å². The van der Waals surface area contributed by atoms with Crippen molar-refractivity contribution in [3.63, 3.8) is 0 Å². The highest BCUT2D eigenvalue weighted by molar-refractivity contribution is 6.08. The second-order valence-electron chi connectivity index (χ2n) is 10.4. The van der Waals surface area contributed by atoms with Gasteiger partial charge < -0.3 is 4.57 Å². The van der Waals surface area contributed by atoms with Crippen LogP contribution in [0.5, 0.6) is 0 Å². The maximum atomic E-state index is 5.63. The Morgan fingerprint density at radius 2 is 1.27 bits per heavy atom. The smallest absolute Gasteiger partial charge is 0.0494 e. The summed E-state index contributed by atoms with van der Waals surface area (Å²) < 4.78 is 2.43. The fourth-order valence-electron chi connectivity index (χ4n) is 4.15. The molecule has 0 unspecified atom stereocenters. The van der Waals surface area contributed by atoms with Gasteiger partial charge in [0.25, 0.3) is 0 Å². The molecule has 0 spiro atoms. The number of hydrogen-bond donors (Lipinski definition) is 0. The predicted molar refractivity (Wildman–Crippen MR) is 130 cm³/mol. The monoisotopic (exact) mass is 393 g/mol. The summed E-state index contributed by atoms with van der Waals surface area (Å²) in [4.78, 5) is 0. The normalized spacial score (nSPS) is 12.4. The molecule has 1 heterocycles. The van der Waals surface area contributed by atoms with E-state index >= 15 is 0 Å². The Labute approximate surface area is 180 Å². The van der Waals surface area contributed by atoms with Crippen molar-refractivity contribution in [2.75, 3.05) is 0 Å². The zero-order valence-electron chi connectivity index (χ0n) is 19.0. The van der Waals surface area contributed by atoms with Crippen molar-refractivity contribution >= 4 is 21.8 Å². The van der Waals surface area contributed by atoms with Crippen LogP contribution in [0.25, 0.3) is 21.8 Å². The van der Waals surface area contributed by atoms with Crippen LogP contribution in [0, 0.1) is 12.3 Å². The highest BCUT2D eigenvalue weighted by Crippen LogP contribution is 2.36. The van der Waals surface area contributed by atoms with Crippen molar-refractivity contribution < 1.29 is 0 Å². The maximum Gasteiger partial charge on any atom is 0.0494 e. The molecular formula is C29H31N. The Hall–Kier alpha value is -2.98. The summed E-state index contributed by atoms with van der Waals surface area (Å²) in [5.74, 6) is 2.76. The van der Waals surface area contributed by atoms with E-state index < -0.39 is 0 Å². The van der Waals surface area contributed by atoms with Crippen LogP contribution in [0.3, 0.4) is 0 Å². The lowest BCUT2D eigenvalue weighted by Crippen LogP contribution is -2.10. The molecule has 0 bridgehead atoms. The van der Waals surface area contributed by atoms with E-state index in [0.717, 1.165) is 12.1 Å². The minimum Gasteiger partial charge on any atom is -0.336 e. The molecule has 1 aromatic heterocycles. The van der Waals surface area contributed by atoms with E-state index in [1.54, 1.807) is 0 Å². The third-order valence-corrected chi connectivity index (χ3v) is 6.03. The zero-order valence-corrected chi connectivity index (χ0v) is 19.0. The Bertz CT molecular complexity index is 1210. The van der Waals surface area contributed by atoms with Gasteiger partial charge in [0.05, 0.1) is 0 Å². The van der Waals surface area contributed by atoms with E-state index in [0.29, 0.717) is 0 Å². The number of terminal acetylenes is 1. The standard InChI is InChI=1S/C29H31N/c1-8-20-10-9-11-21(16-20)19-30-26-14-12-22(28(2,3)4)17-24(26)25-18-23(29(5,6)7)13-15-27(25)30/h1,9-18H,19H2,2-7H3. The van der Waals surface area contributed by atoms with E-state index in [1.807, 2.05) is 12.1 Å². The number of fused-ring (bicyclic) bond motifs is 3. The summed E-state index contributed by atoms with van der Waals surface area (Å²) in [6.07, 6.45) is 5.63. The van der Waals surface area contributed by atoms with Crippen LogP contribution in [-0.2, 0) is 17.4 Å². The third-order valence-electron chi connectivity index (χ3n) is 6.03. The molecular weight excluding hydrogens is 362 g/mol. The molecule has 0 fully saturated rings. The minimum atomic E-state index is 0.116. The van der Waals surface area contributed by atoms with Crippen LogP contribution >= 0.6 is 0 Å². The van der Waals surface area contributed by atoms with Gasteiger partial charge in [-0.2, -0.15) is 0 Å². The van der Waals surface area contributed by atoms with Crippen molar-refractivity contribution in [2.45, 2.75) is 58.9 Å². The van der Waals surface area contributed by atoms with E-state index in [9.17, 15) is 0 Å². The lowest BCUT2D eigenvalue weighted by Gasteiger charge is -2.19. The van der Waals surface area contributed by atoms with Crippen molar-refractivity contribution in [2.24, 2.45) is 0 Å². The molecule has 1 heteroatoms. The van der Waals surface area contributed by atoms with Gasteiger partial charge in [0.15, 0.2) is 0 Å². The van der Waals surface area contributed by atoms with Crippen LogP contribution in [0.4, 0.5) is 0 Å². The third kappa shape index (κ3) is 3.63. The largest absolute Gasteiger partial charge is 0.336 e. The molecule has 4 rings (SSSR count). The molecule has 4 aromatic rings. The predicted octanol–water partition coefficient (Wildman–Crippen LogP) is 7.42. The van der Waals surface area contributed by atoms with Gasteiger partial charge in [-0.3, -0.25) is 0 Å². The maximum absolute atomic E-state index is 5.63. The van der Waals surface area contributed by atoms with E-state index in [1.165, 1.54) is 38.5 Å². The summed E-state index contributed by atoms with van der Waals surface area (Å²) >= 11 is 0. The average Bonchev–Trinajstić information content (AvgIpc) is 2.99. The SMILES string of the molecule is C#Cc1cccc(Cn2c3ccc(C(C)(C)C)cc3c3cc(C(C)(C)C)ccc32)c1. The summed E-state index contributed by atoms with van der Waals surface area (Å²) in [5.41, 5.74) is 7.67. The topological polar surface area (TPSA) is 4.93 Å². The second-order valence-corrected chi connectivity index (χ2v) is 10.4. The molecule has 3 aromatic carbocycles. The summed E-state index contributed by atoms with van der Waals surface area (Å²) in [5, 5.41) is 2.66. The number of benzene rings is 3. The second kappa shape index (κ2) is 7.06. The van der Waals surface area contributed by atoms with Crippen LogP contribution in [0.2, 0.25) is 0 Å². The Morgan fingerprint density at radius 3 is 1.73 bits per heavy atom. The van der Waals surface area contributed by atoms with Crippen molar-refractivity contribution in [1.29, 1.82) is 0 Å². The molecule has 0 saturated carbocycles. The van der Waals surface area contributed by atoms with Gasteiger partial charge in [-0.25, -0.2) is 0 Å². The minimum absolute atomic E-state index is 0.116. The molecule has 0 radical (unpaired) electrons. The number of nitrogens with zero attached hydrogens (tertiary/aromatic N) is 1. The number of hydrogen-bond acceptors (Lipinski definition) is 0. The van der Waals surface area contributed by atoms with Gasteiger partial charge in [0.1, 0.15) is 0 Å². The van der Waals surface area contributed by atoms with Gasteiger partial charge in [-0.15, -0.1) is 6.42 Å². The molecule has 1 nitrogen and oxygen atoms in total. The van der Waals surface area contributed by atoms with Gasteiger partial charge in [-0.1, -0.05) is 71.7 Å². The molecule has 30 heavy (non-hydrogen) atoms. The molecule has 0 saturated heterocycles. The first kappa shape index (κ1) is 20.3. The first-order valence-corrected chi connectivity index (χ1v) is 10.7. The molecule has 0 atom stereocenters. The van der Waals surface area contributed by atoms with Crippen LogP contribution < -0.4 is 0 Å². The average molecular weight is 394 g/mol. The van der Waals surface area contributed by atoms with Crippen LogP contribution in [0.15, 0.2) is 60.7 Å². The molecule has 0 aliphatic carbocycles. The summed E-state index contributed by atoms with van der Waals surface area (Å²) in [6, 6.07) is 22.2. The Balaban J connectivity index is 1.99. The first-order chi connectivity index (χ1) is 14.1. The van der Waals surface area contributed by atoms with Crippen LogP contribution in [-0.4, -0.2) is 4.57 Å². The lowest BCUT2D eigenvalue weighted by molar-refractivity contribution is 0.590.